The molecule has 0 aliphatic carbocycles. The molecule has 2 atom stereocenters. The second-order valence-electron chi connectivity index (χ2n) is 4.50. The summed E-state index contributed by atoms with van der Waals surface area (Å²) in [4.78, 5) is 7.65. The normalized spacial score (nSPS) is 15.6. The molecule has 0 spiro atoms. The van der Waals surface area contributed by atoms with Gasteiger partial charge >= 0.3 is 0 Å². The zero-order valence-corrected chi connectivity index (χ0v) is 11.3. The number of aromatic nitrogens is 3. The van der Waals surface area contributed by atoms with Crippen molar-refractivity contribution < 1.29 is 19.3 Å². The minimum Gasteiger partial charge on any atom is -0.392 e. The van der Waals surface area contributed by atoms with Crippen molar-refractivity contribution in [2.75, 3.05) is 19.5 Å². The number of aliphatic hydroxyl groups is 2. The molecule has 0 aromatic carbocycles. The molecule has 2 aromatic rings. The summed E-state index contributed by atoms with van der Waals surface area (Å²) in [5.41, 5.74) is 4.25. The molecule has 8 heteroatoms. The van der Waals surface area contributed by atoms with Crippen LogP contribution >= 0.6 is 0 Å². The molecular weight excluding hydrogens is 279 g/mol. The Morgan fingerprint density at radius 1 is 1.62 bits per heavy atom. The molecule has 2 rings (SSSR count). The van der Waals surface area contributed by atoms with Crippen LogP contribution in [0.3, 0.4) is 0 Å². The average Bonchev–Trinajstić information content (AvgIpc) is 2.79. The zero-order valence-electron chi connectivity index (χ0n) is 11.3. The highest BCUT2D eigenvalue weighted by Crippen LogP contribution is 2.24. The first-order valence-electron chi connectivity index (χ1n) is 6.05. The first-order chi connectivity index (χ1) is 9.99. The third kappa shape index (κ3) is 2.42. The zero-order chi connectivity index (χ0) is 15.6. The van der Waals surface area contributed by atoms with Gasteiger partial charge in [0.2, 0.25) is 0 Å². The molecule has 2 heterocycles. The number of hydrogen-bond donors (Lipinski definition) is 3. The maximum Gasteiger partial charge on any atom is 0.178 e. The number of halogens is 1. The predicted octanol–water partition coefficient (Wildman–Crippen LogP) is -0.476. The van der Waals surface area contributed by atoms with E-state index in [2.05, 4.69) is 15.9 Å². The minimum atomic E-state index is -1.58. The van der Waals surface area contributed by atoms with Crippen LogP contribution in [-0.4, -0.2) is 50.2 Å². The van der Waals surface area contributed by atoms with Crippen LogP contribution in [0.15, 0.2) is 12.5 Å². The fourth-order valence-electron chi connectivity index (χ4n) is 2.08. The number of ether oxygens (including phenoxy) is 1. The number of nitrogen functional groups attached to an aromatic ring is 1. The third-order valence-corrected chi connectivity index (χ3v) is 3.39. The number of nitrogens with zero attached hydrogens (tertiary/aromatic N) is 3. The lowest BCUT2D eigenvalue weighted by Gasteiger charge is -2.30. The second-order valence-corrected chi connectivity index (χ2v) is 4.50. The molecule has 112 valence electrons. The molecule has 0 bridgehead atoms. The average molecular weight is 294 g/mol. The maximum absolute atomic E-state index is 13.9. The van der Waals surface area contributed by atoms with Gasteiger partial charge in [0.15, 0.2) is 11.4 Å². The van der Waals surface area contributed by atoms with Gasteiger partial charge in [-0.15, -0.1) is 6.42 Å². The molecule has 0 amide bonds. The summed E-state index contributed by atoms with van der Waals surface area (Å²) in [7, 11) is 1.27. The summed E-state index contributed by atoms with van der Waals surface area (Å²) in [6.45, 7) is -0.713. The van der Waals surface area contributed by atoms with Crippen molar-refractivity contribution in [2.45, 2.75) is 18.2 Å². The second kappa shape index (κ2) is 5.65. The molecule has 0 saturated carbocycles. The van der Waals surface area contributed by atoms with E-state index < -0.39 is 24.1 Å². The monoisotopic (exact) mass is 294 g/mol. The van der Waals surface area contributed by atoms with Gasteiger partial charge in [-0.1, -0.05) is 5.92 Å². The largest absolute Gasteiger partial charge is 0.392 e. The molecule has 0 saturated heterocycles. The summed E-state index contributed by atoms with van der Waals surface area (Å²) < 4.78 is 20.2. The van der Waals surface area contributed by atoms with Gasteiger partial charge in [-0.25, -0.2) is 14.4 Å². The van der Waals surface area contributed by atoms with Crippen molar-refractivity contribution >= 4 is 16.9 Å². The summed E-state index contributed by atoms with van der Waals surface area (Å²) in [5.74, 6) is 1.61. The number of rotatable bonds is 5. The smallest absolute Gasteiger partial charge is 0.178 e. The van der Waals surface area contributed by atoms with E-state index in [0.717, 1.165) is 6.20 Å². The van der Waals surface area contributed by atoms with E-state index in [0.29, 0.717) is 0 Å². The van der Waals surface area contributed by atoms with Gasteiger partial charge in [0.1, 0.15) is 23.9 Å². The molecule has 0 unspecified atom stereocenters. The number of hydrogen-bond acceptors (Lipinski definition) is 6. The number of anilines is 1. The first-order valence-corrected chi connectivity index (χ1v) is 6.05. The maximum atomic E-state index is 13.9. The predicted molar refractivity (Wildman–Crippen MR) is 73.6 cm³/mol. The highest BCUT2D eigenvalue weighted by Gasteiger charge is 2.36. The lowest BCUT2D eigenvalue weighted by molar-refractivity contribution is -0.0947. The molecule has 0 radical (unpaired) electrons. The van der Waals surface area contributed by atoms with Crippen molar-refractivity contribution in [2.24, 2.45) is 0 Å². The quantitative estimate of drug-likeness (QED) is 0.643. The van der Waals surface area contributed by atoms with E-state index >= 15 is 0 Å². The van der Waals surface area contributed by atoms with E-state index in [1.54, 1.807) is 0 Å². The van der Waals surface area contributed by atoms with Gasteiger partial charge in [-0.3, -0.25) is 0 Å². The van der Waals surface area contributed by atoms with Gasteiger partial charge in [0, 0.05) is 13.3 Å². The number of methoxy groups -OCH3 is 1. The number of fused-ring (bicyclic) bond motifs is 1. The van der Waals surface area contributed by atoms with Crippen molar-refractivity contribution in [1.29, 1.82) is 0 Å². The van der Waals surface area contributed by atoms with Crippen molar-refractivity contribution in [1.82, 2.24) is 14.5 Å². The molecule has 4 N–H and O–H groups in total. The number of aliphatic hydroxyl groups excluding tert-OH is 2. The Balaban J connectivity index is 2.41. The van der Waals surface area contributed by atoms with Gasteiger partial charge < -0.3 is 25.3 Å². The van der Waals surface area contributed by atoms with Crippen LogP contribution in [0.2, 0.25) is 0 Å². The van der Waals surface area contributed by atoms with E-state index in [1.165, 1.54) is 18.0 Å². The molecule has 0 aliphatic rings. The van der Waals surface area contributed by atoms with Gasteiger partial charge in [0.05, 0.1) is 18.5 Å². The van der Waals surface area contributed by atoms with Crippen molar-refractivity contribution in [3.8, 4) is 12.3 Å². The Bertz CT molecular complexity index is 691. The highest BCUT2D eigenvalue weighted by atomic mass is 19.1. The fraction of sp³-hybridized carbons (Fsp3) is 0.385. The lowest BCUT2D eigenvalue weighted by Crippen LogP contribution is -2.48. The van der Waals surface area contributed by atoms with Gasteiger partial charge in [-0.2, -0.15) is 0 Å². The molecule has 21 heavy (non-hydrogen) atoms. The van der Waals surface area contributed by atoms with E-state index in [9.17, 15) is 14.6 Å². The Morgan fingerprint density at radius 3 is 2.90 bits per heavy atom. The van der Waals surface area contributed by atoms with Crippen LogP contribution in [-0.2, 0) is 11.3 Å². The standard InChI is InChI=1S/C13H15FN4O3/c1-3-13(6-19,21-2)9(20)5-18-4-8(14)10-11(15)16-7-17-12(10)18/h1,4,7,9,19-20H,5-6H2,2H3,(H2,15,16,17)/t9-,13+/m0/s1. The Hall–Kier alpha value is -2.21. The number of nitrogens with two attached hydrogens (primary N) is 1. The number of terminal acetylenes is 1. The van der Waals surface area contributed by atoms with Crippen LogP contribution in [0.5, 0.6) is 0 Å². The summed E-state index contributed by atoms with van der Waals surface area (Å²) >= 11 is 0. The Kier molecular flexibility index (Phi) is 4.09. The van der Waals surface area contributed by atoms with E-state index in [1.807, 2.05) is 0 Å². The summed E-state index contributed by atoms with van der Waals surface area (Å²) in [6.07, 6.45) is 6.35. The molecule has 2 aromatic heterocycles. The molecule has 0 aliphatic heterocycles. The molecule has 7 nitrogen and oxygen atoms in total. The third-order valence-electron chi connectivity index (χ3n) is 3.39. The Morgan fingerprint density at radius 2 is 2.33 bits per heavy atom. The van der Waals surface area contributed by atoms with Crippen LogP contribution in [0.4, 0.5) is 10.2 Å². The highest BCUT2D eigenvalue weighted by molar-refractivity contribution is 5.86. The summed E-state index contributed by atoms with van der Waals surface area (Å²) in [6, 6.07) is 0. The molecular formula is C13H15FN4O3. The SMILES string of the molecule is C#C[C@](CO)(OC)[C@@H](O)Cn1cc(F)c2c(N)ncnc21. The molecule has 0 fully saturated rings. The van der Waals surface area contributed by atoms with Crippen LogP contribution in [0.1, 0.15) is 0 Å². The van der Waals surface area contributed by atoms with Gasteiger partial charge in [-0.05, 0) is 0 Å². The topological polar surface area (TPSA) is 106 Å². The van der Waals surface area contributed by atoms with Crippen molar-refractivity contribution in [3.63, 3.8) is 0 Å². The van der Waals surface area contributed by atoms with E-state index in [4.69, 9.17) is 16.9 Å². The Labute approximate surface area is 120 Å². The van der Waals surface area contributed by atoms with Crippen molar-refractivity contribution in [3.05, 3.63) is 18.3 Å². The van der Waals surface area contributed by atoms with Gasteiger partial charge in [0.25, 0.3) is 0 Å². The van der Waals surface area contributed by atoms with E-state index in [-0.39, 0.29) is 23.4 Å². The fourth-order valence-corrected chi connectivity index (χ4v) is 2.08. The minimum absolute atomic E-state index is 0.00264. The first kappa shape index (κ1) is 15.2. The lowest BCUT2D eigenvalue weighted by atomic mass is 9.98. The van der Waals surface area contributed by atoms with Crippen LogP contribution in [0, 0.1) is 18.2 Å². The van der Waals surface area contributed by atoms with Crippen LogP contribution < -0.4 is 5.73 Å². The summed E-state index contributed by atoms with van der Waals surface area (Å²) in [5, 5.41) is 19.6. The van der Waals surface area contributed by atoms with Crippen LogP contribution in [0.25, 0.3) is 11.0 Å².